The van der Waals surface area contributed by atoms with Crippen LogP contribution in [0.1, 0.15) is 31.0 Å². The summed E-state index contributed by atoms with van der Waals surface area (Å²) in [5.41, 5.74) is 1.08. The van der Waals surface area contributed by atoms with Crippen LogP contribution in [-0.4, -0.2) is 11.5 Å². The van der Waals surface area contributed by atoms with Gasteiger partial charge in [0.05, 0.1) is 5.69 Å². The Balaban J connectivity index is 2.14. The fourth-order valence-electron chi connectivity index (χ4n) is 1.72. The molecule has 1 N–H and O–H groups in total. The minimum atomic E-state index is 0.410. The van der Waals surface area contributed by atoms with Crippen molar-refractivity contribution in [2.45, 2.75) is 25.3 Å². The standard InChI is InChI=1S/C10H13ClN2/c11-10-6-3-5-9(13-10)8-4-1-2-7-12-8/h3,5-6,8,12H,1-2,4,7H2. The summed E-state index contributed by atoms with van der Waals surface area (Å²) in [5, 5.41) is 4.03. The highest BCUT2D eigenvalue weighted by molar-refractivity contribution is 6.29. The first kappa shape index (κ1) is 8.97. The van der Waals surface area contributed by atoms with Crippen LogP contribution < -0.4 is 5.32 Å². The van der Waals surface area contributed by atoms with Gasteiger partial charge < -0.3 is 5.32 Å². The summed E-state index contributed by atoms with van der Waals surface area (Å²) in [6, 6.07) is 6.22. The molecular weight excluding hydrogens is 184 g/mol. The number of hydrogen-bond donors (Lipinski definition) is 1. The number of hydrogen-bond acceptors (Lipinski definition) is 2. The van der Waals surface area contributed by atoms with E-state index >= 15 is 0 Å². The van der Waals surface area contributed by atoms with Gasteiger partial charge in [-0.05, 0) is 31.5 Å². The minimum absolute atomic E-state index is 0.410. The van der Waals surface area contributed by atoms with Crippen molar-refractivity contribution in [1.29, 1.82) is 0 Å². The molecule has 1 aliphatic heterocycles. The lowest BCUT2D eigenvalue weighted by molar-refractivity contribution is 0.405. The average Bonchev–Trinajstić information content (AvgIpc) is 2.19. The largest absolute Gasteiger partial charge is 0.309 e. The highest BCUT2D eigenvalue weighted by atomic mass is 35.5. The number of piperidine rings is 1. The molecule has 70 valence electrons. The molecular formula is C10H13ClN2. The van der Waals surface area contributed by atoms with Crippen LogP contribution in [0.4, 0.5) is 0 Å². The van der Waals surface area contributed by atoms with Crippen molar-refractivity contribution in [3.05, 3.63) is 29.0 Å². The predicted octanol–water partition coefficient (Wildman–Crippen LogP) is 2.55. The van der Waals surface area contributed by atoms with Crippen molar-refractivity contribution >= 4 is 11.6 Å². The lowest BCUT2D eigenvalue weighted by Crippen LogP contribution is -2.27. The average molecular weight is 197 g/mol. The molecule has 0 aromatic carbocycles. The first-order valence-corrected chi connectivity index (χ1v) is 5.10. The van der Waals surface area contributed by atoms with Crippen molar-refractivity contribution in [2.75, 3.05) is 6.54 Å². The van der Waals surface area contributed by atoms with Gasteiger partial charge in [-0.25, -0.2) is 4.98 Å². The van der Waals surface area contributed by atoms with Gasteiger partial charge in [0.1, 0.15) is 5.15 Å². The molecule has 2 heterocycles. The van der Waals surface area contributed by atoms with Gasteiger partial charge in [0, 0.05) is 6.04 Å². The van der Waals surface area contributed by atoms with E-state index in [1.807, 2.05) is 18.2 Å². The maximum absolute atomic E-state index is 5.83. The third kappa shape index (κ3) is 2.20. The van der Waals surface area contributed by atoms with Crippen molar-refractivity contribution in [1.82, 2.24) is 10.3 Å². The van der Waals surface area contributed by atoms with Crippen molar-refractivity contribution in [2.24, 2.45) is 0 Å². The summed E-state index contributed by atoms with van der Waals surface area (Å²) in [4.78, 5) is 4.30. The number of halogens is 1. The molecule has 1 aromatic rings. The molecule has 3 heteroatoms. The minimum Gasteiger partial charge on any atom is -0.309 e. The molecule has 0 aliphatic carbocycles. The molecule has 0 bridgehead atoms. The molecule has 0 spiro atoms. The van der Waals surface area contributed by atoms with E-state index < -0.39 is 0 Å². The number of aromatic nitrogens is 1. The molecule has 13 heavy (non-hydrogen) atoms. The van der Waals surface area contributed by atoms with Gasteiger partial charge in [0.15, 0.2) is 0 Å². The van der Waals surface area contributed by atoms with Crippen LogP contribution in [0.15, 0.2) is 18.2 Å². The van der Waals surface area contributed by atoms with E-state index in [-0.39, 0.29) is 0 Å². The van der Waals surface area contributed by atoms with Crippen molar-refractivity contribution < 1.29 is 0 Å². The van der Waals surface area contributed by atoms with E-state index in [0.717, 1.165) is 12.2 Å². The van der Waals surface area contributed by atoms with Crippen LogP contribution in [0.5, 0.6) is 0 Å². The molecule has 1 unspecified atom stereocenters. The van der Waals surface area contributed by atoms with E-state index in [9.17, 15) is 0 Å². The molecule has 0 amide bonds. The van der Waals surface area contributed by atoms with Crippen LogP contribution in [-0.2, 0) is 0 Å². The van der Waals surface area contributed by atoms with Crippen LogP contribution in [0.2, 0.25) is 5.15 Å². The van der Waals surface area contributed by atoms with Crippen LogP contribution in [0.3, 0.4) is 0 Å². The normalized spacial score (nSPS) is 23.0. The summed E-state index contributed by atoms with van der Waals surface area (Å²) >= 11 is 5.83. The van der Waals surface area contributed by atoms with Gasteiger partial charge in [-0.15, -0.1) is 0 Å². The second kappa shape index (κ2) is 4.07. The maximum atomic E-state index is 5.83. The Labute approximate surface area is 83.3 Å². The fourth-order valence-corrected chi connectivity index (χ4v) is 1.89. The Morgan fingerprint density at radius 2 is 2.31 bits per heavy atom. The van der Waals surface area contributed by atoms with Crippen molar-refractivity contribution in [3.63, 3.8) is 0 Å². The smallest absolute Gasteiger partial charge is 0.129 e. The van der Waals surface area contributed by atoms with Gasteiger partial charge in [-0.3, -0.25) is 0 Å². The van der Waals surface area contributed by atoms with E-state index in [1.54, 1.807) is 0 Å². The fraction of sp³-hybridized carbons (Fsp3) is 0.500. The Hall–Kier alpha value is -0.600. The second-order valence-electron chi connectivity index (χ2n) is 3.39. The molecule has 1 aliphatic rings. The molecule has 0 radical (unpaired) electrons. The quantitative estimate of drug-likeness (QED) is 0.699. The summed E-state index contributed by atoms with van der Waals surface area (Å²) in [5.74, 6) is 0. The van der Waals surface area contributed by atoms with E-state index in [1.165, 1.54) is 19.3 Å². The number of rotatable bonds is 1. The number of pyridine rings is 1. The van der Waals surface area contributed by atoms with Crippen LogP contribution in [0, 0.1) is 0 Å². The monoisotopic (exact) mass is 196 g/mol. The lowest BCUT2D eigenvalue weighted by atomic mass is 10.0. The third-order valence-corrected chi connectivity index (χ3v) is 2.61. The SMILES string of the molecule is Clc1cccc(C2CCCCN2)n1. The summed E-state index contributed by atoms with van der Waals surface area (Å²) in [6.07, 6.45) is 3.73. The molecule has 2 nitrogen and oxygen atoms in total. The molecule has 1 saturated heterocycles. The molecule has 2 rings (SSSR count). The highest BCUT2D eigenvalue weighted by Crippen LogP contribution is 2.21. The predicted molar refractivity (Wildman–Crippen MR) is 53.8 cm³/mol. The Morgan fingerprint density at radius 1 is 1.38 bits per heavy atom. The van der Waals surface area contributed by atoms with Gasteiger partial charge in [0.2, 0.25) is 0 Å². The Kier molecular flexibility index (Phi) is 2.81. The number of nitrogens with zero attached hydrogens (tertiary/aromatic N) is 1. The zero-order chi connectivity index (χ0) is 9.10. The first-order chi connectivity index (χ1) is 6.36. The molecule has 1 aromatic heterocycles. The Morgan fingerprint density at radius 3 is 3.00 bits per heavy atom. The molecule has 1 atom stereocenters. The first-order valence-electron chi connectivity index (χ1n) is 4.72. The number of nitrogens with one attached hydrogen (secondary N) is 1. The van der Waals surface area contributed by atoms with Gasteiger partial charge in [0.25, 0.3) is 0 Å². The van der Waals surface area contributed by atoms with Gasteiger partial charge in [-0.1, -0.05) is 24.1 Å². The zero-order valence-electron chi connectivity index (χ0n) is 7.46. The van der Waals surface area contributed by atoms with E-state index in [2.05, 4.69) is 10.3 Å². The summed E-state index contributed by atoms with van der Waals surface area (Å²) in [7, 11) is 0. The van der Waals surface area contributed by atoms with Crippen LogP contribution >= 0.6 is 11.6 Å². The maximum Gasteiger partial charge on any atom is 0.129 e. The van der Waals surface area contributed by atoms with Gasteiger partial charge in [-0.2, -0.15) is 0 Å². The van der Waals surface area contributed by atoms with Gasteiger partial charge >= 0.3 is 0 Å². The zero-order valence-corrected chi connectivity index (χ0v) is 8.22. The highest BCUT2D eigenvalue weighted by Gasteiger charge is 2.15. The Bertz CT molecular complexity index is 282. The van der Waals surface area contributed by atoms with E-state index in [4.69, 9.17) is 11.6 Å². The molecule has 0 saturated carbocycles. The van der Waals surface area contributed by atoms with E-state index in [0.29, 0.717) is 11.2 Å². The summed E-state index contributed by atoms with van der Waals surface area (Å²) in [6.45, 7) is 1.10. The lowest BCUT2D eigenvalue weighted by Gasteiger charge is -2.22. The second-order valence-corrected chi connectivity index (χ2v) is 3.77. The topological polar surface area (TPSA) is 24.9 Å². The van der Waals surface area contributed by atoms with Crippen LogP contribution in [0.25, 0.3) is 0 Å². The third-order valence-electron chi connectivity index (χ3n) is 2.40. The summed E-state index contributed by atoms with van der Waals surface area (Å²) < 4.78 is 0. The molecule has 1 fully saturated rings. The van der Waals surface area contributed by atoms with Crippen molar-refractivity contribution in [3.8, 4) is 0 Å².